The van der Waals surface area contributed by atoms with Crippen molar-refractivity contribution in [1.29, 1.82) is 0 Å². The average Bonchev–Trinajstić information content (AvgIpc) is 2.76. The molecule has 0 saturated heterocycles. The van der Waals surface area contributed by atoms with Gasteiger partial charge in [-0.05, 0) is 76.5 Å². The summed E-state index contributed by atoms with van der Waals surface area (Å²) in [4.78, 5) is 12.7. The predicted octanol–water partition coefficient (Wildman–Crippen LogP) is 5.85. The number of methoxy groups -OCH3 is 1. The highest BCUT2D eigenvalue weighted by molar-refractivity contribution is 7.98. The molecule has 0 aliphatic carbocycles. The van der Waals surface area contributed by atoms with Crippen molar-refractivity contribution in [2.45, 2.75) is 77.5 Å². The third-order valence-corrected chi connectivity index (χ3v) is 6.13. The van der Waals surface area contributed by atoms with Crippen molar-refractivity contribution >= 4 is 17.9 Å². The van der Waals surface area contributed by atoms with Crippen LogP contribution in [0.2, 0.25) is 0 Å². The number of phenols is 2. The maximum absolute atomic E-state index is 12.1. The molecule has 0 radical (unpaired) electrons. The second kappa shape index (κ2) is 16.6. The van der Waals surface area contributed by atoms with Gasteiger partial charge in [-0.2, -0.15) is 0 Å². The fourth-order valence-corrected chi connectivity index (χ4v) is 3.99. The molecule has 1 rings (SSSR count). The van der Waals surface area contributed by atoms with E-state index in [9.17, 15) is 15.0 Å². The Morgan fingerprint density at radius 1 is 1.15 bits per heavy atom. The van der Waals surface area contributed by atoms with Crippen LogP contribution in [0.3, 0.4) is 0 Å². The fraction of sp³-hybridized carbons (Fsp3) is 0.577. The summed E-state index contributed by atoms with van der Waals surface area (Å²) >= 11 is 1.08. The van der Waals surface area contributed by atoms with Gasteiger partial charge in [0, 0.05) is 12.7 Å². The number of aryl methyl sites for hydroxylation is 1. The number of allylic oxidation sites excluding steroid dienone is 4. The second-order valence-corrected chi connectivity index (χ2v) is 9.23. The molecule has 7 heteroatoms. The first-order valence-electron chi connectivity index (χ1n) is 11.7. The lowest BCUT2D eigenvalue weighted by molar-refractivity contribution is -0.124. The lowest BCUT2D eigenvalue weighted by Gasteiger charge is -2.16. The predicted molar refractivity (Wildman–Crippen MR) is 136 cm³/mol. The fourth-order valence-electron chi connectivity index (χ4n) is 3.21. The van der Waals surface area contributed by atoms with Gasteiger partial charge in [0.05, 0.1) is 18.1 Å². The summed E-state index contributed by atoms with van der Waals surface area (Å²) in [6.45, 7) is 9.04. The Kier molecular flexibility index (Phi) is 14.6. The van der Waals surface area contributed by atoms with Crippen LogP contribution in [0.4, 0.5) is 0 Å². The highest BCUT2D eigenvalue weighted by atomic mass is 32.2. The normalized spacial score (nSPS) is 11.5. The third kappa shape index (κ3) is 11.6. The van der Waals surface area contributed by atoms with Gasteiger partial charge >= 0.3 is 0 Å². The van der Waals surface area contributed by atoms with Gasteiger partial charge in [0.2, 0.25) is 0 Å². The molecule has 33 heavy (non-hydrogen) atoms. The van der Waals surface area contributed by atoms with E-state index >= 15 is 0 Å². The van der Waals surface area contributed by atoms with E-state index in [1.807, 2.05) is 6.08 Å². The summed E-state index contributed by atoms with van der Waals surface area (Å²) in [6, 6.07) is 1.72. The van der Waals surface area contributed by atoms with Gasteiger partial charge in [-0.3, -0.25) is 9.52 Å². The average molecular weight is 480 g/mol. The monoisotopic (exact) mass is 479 g/mol. The topological polar surface area (TPSA) is 88.0 Å². The number of hydrogen-bond donors (Lipinski definition) is 3. The van der Waals surface area contributed by atoms with Gasteiger partial charge in [0.1, 0.15) is 18.1 Å². The van der Waals surface area contributed by atoms with Gasteiger partial charge in [-0.1, -0.05) is 43.1 Å². The zero-order valence-corrected chi connectivity index (χ0v) is 21.6. The zero-order chi connectivity index (χ0) is 24.6. The number of aromatic hydroxyl groups is 2. The van der Waals surface area contributed by atoms with Crippen molar-refractivity contribution in [3.05, 3.63) is 40.5 Å². The summed E-state index contributed by atoms with van der Waals surface area (Å²) in [6.07, 6.45) is 10.4. The van der Waals surface area contributed by atoms with E-state index in [4.69, 9.17) is 9.47 Å². The number of carbonyl (C=O) groups excluding carboxylic acids is 1. The molecule has 0 spiro atoms. The van der Waals surface area contributed by atoms with Crippen molar-refractivity contribution in [1.82, 2.24) is 4.72 Å². The van der Waals surface area contributed by atoms with Gasteiger partial charge in [0.25, 0.3) is 5.91 Å². The van der Waals surface area contributed by atoms with Crippen molar-refractivity contribution in [2.24, 2.45) is 0 Å². The molecule has 0 bridgehead atoms. The Hall–Kier alpha value is -1.96. The van der Waals surface area contributed by atoms with Crippen molar-refractivity contribution in [2.75, 3.05) is 26.9 Å². The number of nitrogens with one attached hydrogen (secondary N) is 1. The summed E-state index contributed by atoms with van der Waals surface area (Å²) in [5.74, 6) is -0.175. The van der Waals surface area contributed by atoms with Crippen LogP contribution in [-0.2, 0) is 27.1 Å². The number of ether oxygens (including phenoxy) is 2. The molecule has 0 unspecified atom stereocenters. The molecular weight excluding hydrogens is 438 g/mol. The third-order valence-electron chi connectivity index (χ3n) is 5.14. The summed E-state index contributed by atoms with van der Waals surface area (Å²) < 4.78 is 12.9. The van der Waals surface area contributed by atoms with E-state index in [1.54, 1.807) is 13.2 Å². The van der Waals surface area contributed by atoms with Crippen LogP contribution in [0.5, 0.6) is 11.5 Å². The zero-order valence-electron chi connectivity index (χ0n) is 20.8. The number of phenolic OH excluding ortho intramolecular Hbond substituents is 2. The first-order chi connectivity index (χ1) is 15.8. The Bertz CT molecular complexity index is 800. The molecule has 0 aliphatic rings. The van der Waals surface area contributed by atoms with Crippen LogP contribution in [0.1, 0.15) is 70.9 Å². The maximum Gasteiger partial charge on any atom is 0.256 e. The smallest absolute Gasteiger partial charge is 0.256 e. The minimum atomic E-state index is -0.292. The van der Waals surface area contributed by atoms with Crippen LogP contribution in [0.15, 0.2) is 34.3 Å². The minimum Gasteiger partial charge on any atom is -0.508 e. The summed E-state index contributed by atoms with van der Waals surface area (Å²) in [7, 11) is 1.57. The van der Waals surface area contributed by atoms with Gasteiger partial charge in [0.15, 0.2) is 0 Å². The molecule has 0 heterocycles. The molecule has 0 aliphatic heterocycles. The molecule has 1 aromatic rings. The quantitative estimate of drug-likeness (QED) is 0.157. The van der Waals surface area contributed by atoms with E-state index in [1.165, 1.54) is 11.1 Å². The molecule has 186 valence electrons. The van der Waals surface area contributed by atoms with Gasteiger partial charge in [-0.15, -0.1) is 0 Å². The Balaban J connectivity index is 2.98. The number of amides is 1. The van der Waals surface area contributed by atoms with Crippen LogP contribution in [-0.4, -0.2) is 43.1 Å². The molecule has 6 nitrogen and oxygen atoms in total. The first-order valence-corrected chi connectivity index (χ1v) is 12.5. The number of rotatable bonds is 16. The second-order valence-electron chi connectivity index (χ2n) is 8.42. The van der Waals surface area contributed by atoms with E-state index < -0.39 is 0 Å². The van der Waals surface area contributed by atoms with Gasteiger partial charge in [-0.25, -0.2) is 0 Å². The lowest BCUT2D eigenvalue weighted by atomic mass is 10.00. The van der Waals surface area contributed by atoms with Crippen molar-refractivity contribution in [3.8, 4) is 11.5 Å². The lowest BCUT2D eigenvalue weighted by Crippen LogP contribution is -2.22. The maximum atomic E-state index is 12.1. The molecule has 1 amide bonds. The number of hydrogen-bond acceptors (Lipinski definition) is 6. The minimum absolute atomic E-state index is 0.0282. The largest absolute Gasteiger partial charge is 0.508 e. The SMILES string of the molecule is CCCCCc1cc(O)c(C/C=C(\C)CCC=C(C)C)c(O)c1SNC(=O)COCCOC. The standard InChI is InChI=1S/C26H41NO5S/c1-6-7-8-12-21-17-23(28)22(14-13-20(4)11-9-10-19(2)3)25(30)26(21)33-27-24(29)18-32-16-15-31-5/h10,13,17,28,30H,6-9,11-12,14-16,18H2,1-5H3,(H,27,29)/b20-13+. The van der Waals surface area contributed by atoms with E-state index in [0.717, 1.165) is 56.0 Å². The van der Waals surface area contributed by atoms with Crippen LogP contribution in [0.25, 0.3) is 0 Å². The van der Waals surface area contributed by atoms with Crippen LogP contribution < -0.4 is 4.72 Å². The molecule has 0 atom stereocenters. The Morgan fingerprint density at radius 3 is 2.58 bits per heavy atom. The van der Waals surface area contributed by atoms with Crippen LogP contribution in [0, 0.1) is 0 Å². The van der Waals surface area contributed by atoms with E-state index in [-0.39, 0.29) is 24.0 Å². The number of carbonyl (C=O) groups is 1. The summed E-state index contributed by atoms with van der Waals surface area (Å²) in [5, 5.41) is 21.6. The first kappa shape index (κ1) is 29.1. The highest BCUT2D eigenvalue weighted by Gasteiger charge is 2.18. The van der Waals surface area contributed by atoms with E-state index in [0.29, 0.717) is 30.1 Å². The molecule has 0 saturated carbocycles. The Labute approximate surface area is 203 Å². The molecular formula is C26H41NO5S. The molecule has 1 aromatic carbocycles. The van der Waals surface area contributed by atoms with Crippen LogP contribution >= 0.6 is 11.9 Å². The van der Waals surface area contributed by atoms with Gasteiger partial charge < -0.3 is 19.7 Å². The number of unbranched alkanes of at least 4 members (excludes halogenated alkanes) is 2. The number of benzene rings is 1. The Morgan fingerprint density at radius 2 is 1.91 bits per heavy atom. The van der Waals surface area contributed by atoms with Crippen molar-refractivity contribution < 1.29 is 24.5 Å². The van der Waals surface area contributed by atoms with Crippen molar-refractivity contribution in [3.63, 3.8) is 0 Å². The molecule has 0 aromatic heterocycles. The molecule has 3 N–H and O–H groups in total. The van der Waals surface area contributed by atoms with E-state index in [2.05, 4.69) is 38.5 Å². The highest BCUT2D eigenvalue weighted by Crippen LogP contribution is 2.40. The summed E-state index contributed by atoms with van der Waals surface area (Å²) in [5.41, 5.74) is 3.81. The molecule has 0 fully saturated rings.